The van der Waals surface area contributed by atoms with Crippen molar-refractivity contribution in [3.05, 3.63) is 46.2 Å². The molecule has 23 heavy (non-hydrogen) atoms. The molecule has 1 amide bonds. The summed E-state index contributed by atoms with van der Waals surface area (Å²) in [6.45, 7) is 1.58. The van der Waals surface area contributed by atoms with Crippen LogP contribution in [0.2, 0.25) is 5.02 Å². The number of nitrogens with zero attached hydrogens (tertiary/aromatic N) is 3. The van der Waals surface area contributed by atoms with Crippen LogP contribution in [-0.2, 0) is 4.79 Å². The van der Waals surface area contributed by atoms with E-state index in [2.05, 4.69) is 36.1 Å². The van der Waals surface area contributed by atoms with E-state index in [0.717, 1.165) is 29.7 Å². The van der Waals surface area contributed by atoms with Crippen LogP contribution < -0.4 is 10.2 Å². The molecule has 2 aromatic heterocycles. The molecular formula is C16H16BrClN4O. The first-order valence-electron chi connectivity index (χ1n) is 7.41. The monoisotopic (exact) mass is 394 g/mol. The first-order chi connectivity index (χ1) is 11.1. The van der Waals surface area contributed by atoms with Crippen molar-refractivity contribution in [2.24, 2.45) is 5.92 Å². The highest BCUT2D eigenvalue weighted by Gasteiger charge is 2.26. The molecule has 1 saturated heterocycles. The molecule has 0 radical (unpaired) electrons. The summed E-state index contributed by atoms with van der Waals surface area (Å²) in [7, 11) is 0. The molecule has 120 valence electrons. The first-order valence-corrected chi connectivity index (χ1v) is 8.58. The molecule has 0 spiro atoms. The number of amides is 1. The fourth-order valence-corrected chi connectivity index (χ4v) is 2.98. The number of carbonyl (C=O) groups excluding carboxylic acids is 1. The number of hydrogen-bond acceptors (Lipinski definition) is 4. The van der Waals surface area contributed by atoms with Gasteiger partial charge in [0.15, 0.2) is 0 Å². The third-order valence-corrected chi connectivity index (χ3v) is 4.50. The smallest absolute Gasteiger partial charge is 0.230 e. The minimum Gasteiger partial charge on any atom is -0.356 e. The second kappa shape index (κ2) is 7.27. The lowest BCUT2D eigenvalue weighted by Gasteiger charge is -2.32. The maximum atomic E-state index is 12.4. The van der Waals surface area contributed by atoms with Crippen molar-refractivity contribution >= 4 is 45.1 Å². The Morgan fingerprint density at radius 2 is 2.13 bits per heavy atom. The van der Waals surface area contributed by atoms with Crippen molar-refractivity contribution < 1.29 is 4.79 Å². The van der Waals surface area contributed by atoms with Gasteiger partial charge < -0.3 is 10.2 Å². The summed E-state index contributed by atoms with van der Waals surface area (Å²) in [5, 5.41) is 3.41. The van der Waals surface area contributed by atoms with Crippen LogP contribution >= 0.6 is 27.5 Å². The van der Waals surface area contributed by atoms with E-state index in [1.54, 1.807) is 18.3 Å². The Kier molecular flexibility index (Phi) is 5.13. The van der Waals surface area contributed by atoms with Crippen molar-refractivity contribution in [3.63, 3.8) is 0 Å². The SMILES string of the molecule is O=C(Nc1ccc(Cl)cn1)C1CCCN(c2ccc(Br)cn2)C1. The number of aromatic nitrogens is 2. The van der Waals surface area contributed by atoms with Crippen molar-refractivity contribution in [2.45, 2.75) is 12.8 Å². The molecule has 0 bridgehead atoms. The van der Waals surface area contributed by atoms with E-state index >= 15 is 0 Å². The lowest BCUT2D eigenvalue weighted by Crippen LogP contribution is -2.41. The molecule has 1 aliphatic rings. The highest BCUT2D eigenvalue weighted by molar-refractivity contribution is 9.10. The van der Waals surface area contributed by atoms with Gasteiger partial charge in [0.2, 0.25) is 5.91 Å². The van der Waals surface area contributed by atoms with Crippen LogP contribution in [0, 0.1) is 5.92 Å². The third-order valence-electron chi connectivity index (χ3n) is 3.81. The Bertz CT molecular complexity index is 677. The molecule has 0 aromatic carbocycles. The number of nitrogens with one attached hydrogen (secondary N) is 1. The van der Waals surface area contributed by atoms with E-state index in [1.807, 2.05) is 12.1 Å². The highest BCUT2D eigenvalue weighted by Crippen LogP contribution is 2.23. The molecule has 1 atom stereocenters. The summed E-state index contributed by atoms with van der Waals surface area (Å²) in [6.07, 6.45) is 5.13. The predicted molar refractivity (Wildman–Crippen MR) is 94.8 cm³/mol. The standard InChI is InChI=1S/C16H16BrClN4O/c17-12-3-6-15(20-8-12)22-7-1-2-11(10-22)16(23)21-14-5-4-13(18)9-19-14/h3-6,8-9,11H,1-2,7,10H2,(H,19,21,23). The van der Waals surface area contributed by atoms with Gasteiger partial charge in [0.05, 0.1) is 10.9 Å². The molecule has 0 aliphatic carbocycles. The van der Waals surface area contributed by atoms with Gasteiger partial charge in [0.1, 0.15) is 11.6 Å². The number of pyridine rings is 2. The van der Waals surface area contributed by atoms with Gasteiger partial charge in [-0.25, -0.2) is 9.97 Å². The molecule has 5 nitrogen and oxygen atoms in total. The minimum atomic E-state index is -0.0772. The van der Waals surface area contributed by atoms with E-state index in [0.29, 0.717) is 17.4 Å². The Balaban J connectivity index is 1.64. The predicted octanol–water partition coefficient (Wildman–Crippen LogP) is 3.75. The van der Waals surface area contributed by atoms with Gasteiger partial charge in [-0.1, -0.05) is 11.6 Å². The quantitative estimate of drug-likeness (QED) is 0.860. The molecule has 1 N–H and O–H groups in total. The van der Waals surface area contributed by atoms with Crippen molar-refractivity contribution in [1.82, 2.24) is 9.97 Å². The number of anilines is 2. The zero-order chi connectivity index (χ0) is 16.2. The number of carbonyl (C=O) groups is 1. The normalized spacial score (nSPS) is 17.8. The molecular weight excluding hydrogens is 380 g/mol. The second-order valence-corrected chi connectivity index (χ2v) is 6.82. The van der Waals surface area contributed by atoms with Crippen LogP contribution in [0.25, 0.3) is 0 Å². The van der Waals surface area contributed by atoms with Crippen molar-refractivity contribution in [3.8, 4) is 0 Å². The van der Waals surface area contributed by atoms with Crippen LogP contribution in [0.1, 0.15) is 12.8 Å². The lowest BCUT2D eigenvalue weighted by atomic mass is 9.97. The van der Waals surface area contributed by atoms with E-state index in [-0.39, 0.29) is 11.8 Å². The van der Waals surface area contributed by atoms with E-state index < -0.39 is 0 Å². The average molecular weight is 396 g/mol. The first kappa shape index (κ1) is 16.2. The molecule has 7 heteroatoms. The third kappa shape index (κ3) is 4.20. The van der Waals surface area contributed by atoms with Crippen LogP contribution in [0.15, 0.2) is 41.1 Å². The van der Waals surface area contributed by atoms with Crippen molar-refractivity contribution in [1.29, 1.82) is 0 Å². The summed E-state index contributed by atoms with van der Waals surface area (Å²) >= 11 is 9.19. The van der Waals surface area contributed by atoms with Gasteiger partial charge in [-0.05, 0) is 53.0 Å². The molecule has 0 saturated carbocycles. The zero-order valence-electron chi connectivity index (χ0n) is 12.4. The van der Waals surface area contributed by atoms with Gasteiger partial charge in [0, 0.05) is 30.0 Å². The molecule has 1 unspecified atom stereocenters. The Morgan fingerprint density at radius 1 is 1.26 bits per heavy atom. The lowest BCUT2D eigenvalue weighted by molar-refractivity contribution is -0.120. The van der Waals surface area contributed by atoms with E-state index in [9.17, 15) is 4.79 Å². The number of halogens is 2. The number of rotatable bonds is 3. The minimum absolute atomic E-state index is 0.0124. The zero-order valence-corrected chi connectivity index (χ0v) is 14.7. The van der Waals surface area contributed by atoms with Crippen molar-refractivity contribution in [2.75, 3.05) is 23.3 Å². The van der Waals surface area contributed by atoms with Gasteiger partial charge in [-0.2, -0.15) is 0 Å². The fraction of sp³-hybridized carbons (Fsp3) is 0.312. The van der Waals surface area contributed by atoms with Gasteiger partial charge in [-0.15, -0.1) is 0 Å². The van der Waals surface area contributed by atoms with Crippen LogP contribution in [0.3, 0.4) is 0 Å². The van der Waals surface area contributed by atoms with Gasteiger partial charge in [0.25, 0.3) is 0 Å². The van der Waals surface area contributed by atoms with E-state index in [1.165, 1.54) is 6.20 Å². The Morgan fingerprint density at radius 3 is 2.83 bits per heavy atom. The largest absolute Gasteiger partial charge is 0.356 e. The van der Waals surface area contributed by atoms with E-state index in [4.69, 9.17) is 11.6 Å². The average Bonchev–Trinajstić information content (AvgIpc) is 2.58. The summed E-state index contributed by atoms with van der Waals surface area (Å²) in [4.78, 5) is 23.1. The summed E-state index contributed by atoms with van der Waals surface area (Å²) in [6, 6.07) is 7.34. The molecule has 1 aliphatic heterocycles. The van der Waals surface area contributed by atoms with Crippen LogP contribution in [0.4, 0.5) is 11.6 Å². The van der Waals surface area contributed by atoms with Crippen LogP contribution in [0.5, 0.6) is 0 Å². The Labute approximate surface area is 148 Å². The molecule has 1 fully saturated rings. The second-order valence-electron chi connectivity index (χ2n) is 5.47. The van der Waals surface area contributed by atoms with Crippen LogP contribution in [-0.4, -0.2) is 29.0 Å². The molecule has 2 aromatic rings. The van der Waals surface area contributed by atoms with Gasteiger partial charge in [-0.3, -0.25) is 4.79 Å². The number of hydrogen-bond donors (Lipinski definition) is 1. The number of piperidine rings is 1. The summed E-state index contributed by atoms with van der Waals surface area (Å²) in [5.74, 6) is 1.34. The fourth-order valence-electron chi connectivity index (χ4n) is 2.63. The summed E-state index contributed by atoms with van der Waals surface area (Å²) < 4.78 is 0.946. The maximum Gasteiger partial charge on any atom is 0.230 e. The molecule has 3 rings (SSSR count). The highest BCUT2D eigenvalue weighted by atomic mass is 79.9. The maximum absolute atomic E-state index is 12.4. The topological polar surface area (TPSA) is 58.1 Å². The van der Waals surface area contributed by atoms with Gasteiger partial charge >= 0.3 is 0 Å². The molecule has 3 heterocycles. The Hall–Kier alpha value is -1.66. The summed E-state index contributed by atoms with van der Waals surface area (Å²) in [5.41, 5.74) is 0.